The number of hydrogen-bond acceptors (Lipinski definition) is 7. The molecule has 0 radical (unpaired) electrons. The zero-order valence-electron chi connectivity index (χ0n) is 9.83. The van der Waals surface area contributed by atoms with Crippen molar-refractivity contribution in [2.75, 3.05) is 12.0 Å². The van der Waals surface area contributed by atoms with Crippen LogP contribution in [0.15, 0.2) is 30.3 Å². The summed E-state index contributed by atoms with van der Waals surface area (Å²) in [6, 6.07) is 9.45. The molecule has 0 amide bonds. The molecule has 2 aromatic rings. The molecule has 7 heteroatoms. The summed E-state index contributed by atoms with van der Waals surface area (Å²) >= 11 is 0. The highest BCUT2D eigenvalue weighted by atomic mass is 16.5. The van der Waals surface area contributed by atoms with E-state index in [1.54, 1.807) is 12.1 Å². The normalized spacial score (nSPS) is 9.89. The van der Waals surface area contributed by atoms with Crippen LogP contribution in [0.3, 0.4) is 0 Å². The molecule has 0 saturated heterocycles. The predicted molar refractivity (Wildman–Crippen MR) is 65.3 cm³/mol. The second kappa shape index (κ2) is 5.78. The molecule has 1 aromatic heterocycles. The van der Waals surface area contributed by atoms with E-state index in [-0.39, 0.29) is 18.0 Å². The van der Waals surface area contributed by atoms with Crippen LogP contribution in [0.1, 0.15) is 6.92 Å². The van der Waals surface area contributed by atoms with Gasteiger partial charge in [-0.3, -0.25) is 5.43 Å². The van der Waals surface area contributed by atoms with Crippen molar-refractivity contribution in [2.45, 2.75) is 6.92 Å². The topological polar surface area (TPSA) is 95.2 Å². The van der Waals surface area contributed by atoms with E-state index in [1.165, 1.54) is 0 Å². The van der Waals surface area contributed by atoms with Crippen molar-refractivity contribution in [3.63, 3.8) is 0 Å². The molecule has 2 rings (SSSR count). The number of rotatable bonds is 5. The van der Waals surface area contributed by atoms with Crippen LogP contribution >= 0.6 is 0 Å². The Bertz CT molecular complexity index is 506. The van der Waals surface area contributed by atoms with Gasteiger partial charge in [0.2, 0.25) is 5.95 Å². The number of hydrogen-bond donors (Lipinski definition) is 2. The first-order chi connectivity index (χ1) is 8.81. The van der Waals surface area contributed by atoms with Gasteiger partial charge in [0.15, 0.2) is 0 Å². The van der Waals surface area contributed by atoms with Gasteiger partial charge >= 0.3 is 12.0 Å². The van der Waals surface area contributed by atoms with Gasteiger partial charge in [-0.05, 0) is 19.1 Å². The number of nitrogens with one attached hydrogen (secondary N) is 1. The molecule has 0 fully saturated rings. The highest BCUT2D eigenvalue weighted by molar-refractivity contribution is 5.29. The summed E-state index contributed by atoms with van der Waals surface area (Å²) in [6.07, 6.45) is 0. The van der Waals surface area contributed by atoms with Crippen LogP contribution in [0.4, 0.5) is 5.95 Å². The smallest absolute Gasteiger partial charge is 0.330 e. The number of ether oxygens (including phenoxy) is 2. The fourth-order valence-corrected chi connectivity index (χ4v) is 1.24. The number of nitrogens with zero attached hydrogens (tertiary/aromatic N) is 3. The SMILES string of the molecule is CCOc1nc(NN)nc(Oc2ccccc2)n1. The minimum Gasteiger partial charge on any atom is -0.464 e. The predicted octanol–water partition coefficient (Wildman–Crippen LogP) is 1.35. The molecule has 3 N–H and O–H groups in total. The first-order valence-electron chi connectivity index (χ1n) is 5.40. The first kappa shape index (κ1) is 12.1. The minimum atomic E-state index is 0.118. The number of nitrogen functional groups attached to an aromatic ring is 1. The van der Waals surface area contributed by atoms with Crippen LogP contribution in [0.25, 0.3) is 0 Å². The lowest BCUT2D eigenvalue weighted by atomic mass is 10.3. The third-order valence-corrected chi connectivity index (χ3v) is 1.95. The van der Waals surface area contributed by atoms with Crippen LogP contribution < -0.4 is 20.7 Å². The van der Waals surface area contributed by atoms with E-state index in [0.717, 1.165) is 0 Å². The number of anilines is 1. The largest absolute Gasteiger partial charge is 0.464 e. The number of benzene rings is 1. The van der Waals surface area contributed by atoms with Crippen LogP contribution in [0.5, 0.6) is 17.8 Å². The van der Waals surface area contributed by atoms with Crippen LogP contribution in [-0.4, -0.2) is 21.6 Å². The number of para-hydroxylation sites is 1. The summed E-state index contributed by atoms with van der Waals surface area (Å²) in [5.74, 6) is 6.06. The molecule has 1 heterocycles. The molecule has 18 heavy (non-hydrogen) atoms. The quantitative estimate of drug-likeness (QED) is 0.608. The third-order valence-electron chi connectivity index (χ3n) is 1.95. The van der Waals surface area contributed by atoms with Crippen LogP contribution in [0, 0.1) is 0 Å². The highest BCUT2D eigenvalue weighted by Crippen LogP contribution is 2.19. The van der Waals surface area contributed by atoms with Crippen molar-refractivity contribution in [1.29, 1.82) is 0 Å². The van der Waals surface area contributed by atoms with Crippen molar-refractivity contribution in [3.05, 3.63) is 30.3 Å². The second-order valence-electron chi connectivity index (χ2n) is 3.22. The van der Waals surface area contributed by atoms with Gasteiger partial charge in [-0.2, -0.15) is 9.97 Å². The van der Waals surface area contributed by atoms with E-state index >= 15 is 0 Å². The summed E-state index contributed by atoms with van der Waals surface area (Å²) in [4.78, 5) is 11.9. The first-order valence-corrected chi connectivity index (χ1v) is 5.40. The van der Waals surface area contributed by atoms with Crippen LogP contribution in [-0.2, 0) is 0 Å². The summed E-state index contributed by atoms with van der Waals surface area (Å²) in [7, 11) is 0. The van der Waals surface area contributed by atoms with Crippen molar-refractivity contribution in [1.82, 2.24) is 15.0 Å². The third kappa shape index (κ3) is 3.05. The zero-order valence-corrected chi connectivity index (χ0v) is 9.83. The van der Waals surface area contributed by atoms with Gasteiger partial charge in [-0.1, -0.05) is 18.2 Å². The van der Waals surface area contributed by atoms with Crippen molar-refractivity contribution in [2.24, 2.45) is 5.84 Å². The van der Waals surface area contributed by atoms with Crippen molar-refractivity contribution in [3.8, 4) is 17.8 Å². The number of aromatic nitrogens is 3. The van der Waals surface area contributed by atoms with Gasteiger partial charge in [-0.15, -0.1) is 4.98 Å². The average Bonchev–Trinajstić information content (AvgIpc) is 2.40. The molecule has 0 atom stereocenters. The van der Waals surface area contributed by atoms with Gasteiger partial charge in [-0.25, -0.2) is 5.84 Å². The fourth-order valence-electron chi connectivity index (χ4n) is 1.24. The van der Waals surface area contributed by atoms with Gasteiger partial charge in [0.05, 0.1) is 6.61 Å². The molecule has 0 spiro atoms. The molecule has 0 bridgehead atoms. The summed E-state index contributed by atoms with van der Waals surface area (Å²) in [6.45, 7) is 2.27. The Morgan fingerprint density at radius 1 is 1.11 bits per heavy atom. The molecule has 1 aromatic carbocycles. The lowest BCUT2D eigenvalue weighted by Gasteiger charge is -2.07. The average molecular weight is 247 g/mol. The minimum absolute atomic E-state index is 0.118. The molecular weight excluding hydrogens is 234 g/mol. The second-order valence-corrected chi connectivity index (χ2v) is 3.22. The summed E-state index contributed by atoms with van der Waals surface area (Å²) < 4.78 is 10.7. The molecule has 94 valence electrons. The maximum Gasteiger partial charge on any atom is 0.330 e. The van der Waals surface area contributed by atoms with E-state index in [1.807, 2.05) is 25.1 Å². The highest BCUT2D eigenvalue weighted by Gasteiger charge is 2.08. The van der Waals surface area contributed by atoms with Crippen molar-refractivity contribution >= 4 is 5.95 Å². The maximum absolute atomic E-state index is 5.47. The fraction of sp³-hybridized carbons (Fsp3) is 0.182. The Kier molecular flexibility index (Phi) is 3.87. The Labute approximate surface area is 104 Å². The van der Waals surface area contributed by atoms with E-state index in [4.69, 9.17) is 15.3 Å². The Morgan fingerprint density at radius 2 is 1.83 bits per heavy atom. The van der Waals surface area contributed by atoms with Gasteiger partial charge in [0.1, 0.15) is 5.75 Å². The lowest BCUT2D eigenvalue weighted by molar-refractivity contribution is 0.304. The molecule has 0 aliphatic heterocycles. The van der Waals surface area contributed by atoms with Gasteiger partial charge in [0, 0.05) is 0 Å². The number of hydrazine groups is 1. The van der Waals surface area contributed by atoms with Crippen LogP contribution in [0.2, 0.25) is 0 Å². The standard InChI is InChI=1S/C11H13N5O2/c1-2-17-10-13-9(16-12)14-11(15-10)18-8-6-4-3-5-7-8/h3-7H,2,12H2,1H3,(H,13,14,15,16). The molecule has 0 unspecified atom stereocenters. The molecule has 0 aliphatic rings. The molecule has 0 saturated carbocycles. The van der Waals surface area contributed by atoms with E-state index in [2.05, 4.69) is 20.4 Å². The zero-order chi connectivity index (χ0) is 12.8. The Balaban J connectivity index is 2.24. The Morgan fingerprint density at radius 3 is 2.50 bits per heavy atom. The van der Waals surface area contributed by atoms with E-state index in [9.17, 15) is 0 Å². The van der Waals surface area contributed by atoms with Crippen molar-refractivity contribution < 1.29 is 9.47 Å². The maximum atomic E-state index is 5.47. The lowest BCUT2D eigenvalue weighted by Crippen LogP contribution is -2.12. The molecule has 0 aliphatic carbocycles. The van der Waals surface area contributed by atoms with E-state index in [0.29, 0.717) is 12.4 Å². The molecule has 7 nitrogen and oxygen atoms in total. The van der Waals surface area contributed by atoms with E-state index < -0.39 is 0 Å². The monoisotopic (exact) mass is 247 g/mol. The van der Waals surface area contributed by atoms with Gasteiger partial charge in [0.25, 0.3) is 0 Å². The van der Waals surface area contributed by atoms with Gasteiger partial charge < -0.3 is 9.47 Å². The summed E-state index contributed by atoms with van der Waals surface area (Å²) in [5, 5.41) is 0. The summed E-state index contributed by atoms with van der Waals surface area (Å²) in [5.41, 5.74) is 2.33. The number of nitrogens with two attached hydrogens (primary N) is 1. The Hall–Kier alpha value is -2.41. The molecular formula is C11H13N5O2.